The number of likely N-dealkylation sites (N-methyl/N-ethyl adjacent to an activating group) is 1. The van der Waals surface area contributed by atoms with Crippen LogP contribution in [0.15, 0.2) is 72.8 Å². The summed E-state index contributed by atoms with van der Waals surface area (Å²) < 4.78 is 34.6. The van der Waals surface area contributed by atoms with Crippen LogP contribution in [0.1, 0.15) is 16.7 Å². The van der Waals surface area contributed by atoms with Gasteiger partial charge in [-0.05, 0) is 54.8 Å². The minimum atomic E-state index is -4.18. The molecule has 4 rings (SSSR count). The fourth-order valence-corrected chi connectivity index (χ4v) is 5.50. The fourth-order valence-electron chi connectivity index (χ4n) is 4.33. The van der Waals surface area contributed by atoms with Crippen molar-refractivity contribution in [2.75, 3.05) is 29.9 Å². The average molecular weight is 523 g/mol. The quantitative estimate of drug-likeness (QED) is 0.473. The lowest BCUT2D eigenvalue weighted by atomic mass is 10.0. The van der Waals surface area contributed by atoms with Gasteiger partial charge in [0, 0.05) is 25.7 Å². The van der Waals surface area contributed by atoms with Crippen molar-refractivity contribution in [3.8, 4) is 5.75 Å². The topological polar surface area (TPSA) is 108 Å². The molecule has 37 heavy (non-hydrogen) atoms. The summed E-state index contributed by atoms with van der Waals surface area (Å²) in [6.45, 7) is 2.17. The summed E-state index contributed by atoms with van der Waals surface area (Å²) in [6.07, 6.45) is 0.737. The molecule has 9 nitrogen and oxygen atoms in total. The van der Waals surface area contributed by atoms with E-state index in [2.05, 4.69) is 10.0 Å². The smallest absolute Gasteiger partial charge is 0.330 e. The van der Waals surface area contributed by atoms with E-state index in [-0.39, 0.29) is 13.0 Å². The van der Waals surface area contributed by atoms with Crippen LogP contribution in [0.5, 0.6) is 5.75 Å². The number of urea groups is 1. The summed E-state index contributed by atoms with van der Waals surface area (Å²) >= 11 is 0. The van der Waals surface area contributed by atoms with Crippen molar-refractivity contribution in [2.45, 2.75) is 25.8 Å². The van der Waals surface area contributed by atoms with Crippen LogP contribution in [-0.4, -0.2) is 47.1 Å². The number of rotatable bonds is 8. The Hall–Kier alpha value is -4.05. The number of ether oxygens (including phenoxy) is 1. The van der Waals surface area contributed by atoms with Gasteiger partial charge in [0.25, 0.3) is 0 Å². The number of benzene rings is 3. The van der Waals surface area contributed by atoms with Crippen molar-refractivity contribution in [1.82, 2.24) is 10.0 Å². The number of hydrogen-bond donors (Lipinski definition) is 2. The molecule has 1 aliphatic heterocycles. The predicted molar refractivity (Wildman–Crippen MR) is 143 cm³/mol. The molecule has 3 aromatic carbocycles. The van der Waals surface area contributed by atoms with E-state index in [1.807, 2.05) is 49.4 Å². The molecule has 3 amide bonds. The average Bonchev–Trinajstić information content (AvgIpc) is 3.32. The Labute approximate surface area is 217 Å². The number of aryl methyl sites for hydroxylation is 1. The molecular weight excluding hydrogens is 492 g/mol. The van der Waals surface area contributed by atoms with E-state index in [1.165, 1.54) is 9.21 Å². The molecule has 0 radical (unpaired) electrons. The predicted octanol–water partition coefficient (Wildman–Crippen LogP) is 3.18. The van der Waals surface area contributed by atoms with Gasteiger partial charge in [-0.3, -0.25) is 9.10 Å². The standard InChI is InChI=1S/C27H30N4O5S/c1-19-9-14-25-21(17-19)15-16-31(25)37(34,35)29-27(33)28-24(18-20-7-5-4-6-8-20)26(32)30(2)22-10-12-23(36-3)13-11-22/h4-14,17,24H,15-16,18H2,1-3H3,(H2,28,29,33)/t24-/m0/s1. The molecule has 194 valence electrons. The Balaban J connectivity index is 1.51. The molecule has 1 heterocycles. The van der Waals surface area contributed by atoms with Crippen molar-refractivity contribution >= 4 is 33.5 Å². The first-order valence-electron chi connectivity index (χ1n) is 11.8. The molecule has 1 atom stereocenters. The van der Waals surface area contributed by atoms with Gasteiger partial charge in [-0.1, -0.05) is 48.0 Å². The van der Waals surface area contributed by atoms with Gasteiger partial charge < -0.3 is 15.0 Å². The number of amides is 3. The van der Waals surface area contributed by atoms with Gasteiger partial charge >= 0.3 is 16.2 Å². The molecule has 2 N–H and O–H groups in total. The number of nitrogens with one attached hydrogen (secondary N) is 2. The van der Waals surface area contributed by atoms with Gasteiger partial charge in [0.2, 0.25) is 5.91 Å². The molecule has 0 spiro atoms. The van der Waals surface area contributed by atoms with Crippen LogP contribution in [0.4, 0.5) is 16.2 Å². The molecule has 0 fully saturated rings. The minimum Gasteiger partial charge on any atom is -0.497 e. The zero-order valence-corrected chi connectivity index (χ0v) is 21.8. The van der Waals surface area contributed by atoms with E-state index in [4.69, 9.17) is 4.74 Å². The Morgan fingerprint density at radius 2 is 1.76 bits per heavy atom. The molecular formula is C27H30N4O5S. The Morgan fingerprint density at radius 3 is 2.43 bits per heavy atom. The minimum absolute atomic E-state index is 0.180. The number of carbonyl (C=O) groups excluding carboxylic acids is 2. The highest BCUT2D eigenvalue weighted by molar-refractivity contribution is 7.91. The van der Waals surface area contributed by atoms with Crippen molar-refractivity contribution < 1.29 is 22.7 Å². The SMILES string of the molecule is COc1ccc(N(C)C(=O)[C@H](Cc2ccccc2)NC(=O)NS(=O)(=O)N2CCc3cc(C)ccc32)cc1. The van der Waals surface area contributed by atoms with E-state index in [0.717, 1.165) is 16.7 Å². The monoisotopic (exact) mass is 522 g/mol. The van der Waals surface area contributed by atoms with Gasteiger partial charge in [0.1, 0.15) is 11.8 Å². The first kappa shape index (κ1) is 26.0. The number of anilines is 2. The molecule has 0 unspecified atom stereocenters. The van der Waals surface area contributed by atoms with Gasteiger partial charge in [-0.15, -0.1) is 0 Å². The third-order valence-corrected chi connectivity index (χ3v) is 7.68. The molecule has 0 bridgehead atoms. The van der Waals surface area contributed by atoms with Crippen LogP contribution in [0.2, 0.25) is 0 Å². The van der Waals surface area contributed by atoms with Crippen LogP contribution in [0.25, 0.3) is 0 Å². The highest BCUT2D eigenvalue weighted by Gasteiger charge is 2.32. The van der Waals surface area contributed by atoms with Crippen molar-refractivity contribution in [3.63, 3.8) is 0 Å². The van der Waals surface area contributed by atoms with Gasteiger partial charge in [0.15, 0.2) is 0 Å². The Kier molecular flexibility index (Phi) is 7.68. The molecule has 10 heteroatoms. The Morgan fingerprint density at radius 1 is 1.05 bits per heavy atom. The fraction of sp³-hybridized carbons (Fsp3) is 0.259. The second-order valence-corrected chi connectivity index (χ2v) is 10.5. The largest absolute Gasteiger partial charge is 0.497 e. The van der Waals surface area contributed by atoms with Crippen molar-refractivity contribution in [2.24, 2.45) is 0 Å². The lowest BCUT2D eigenvalue weighted by Crippen LogP contribution is -2.54. The second-order valence-electron chi connectivity index (χ2n) is 8.87. The summed E-state index contributed by atoms with van der Waals surface area (Å²) in [5, 5.41) is 2.58. The van der Waals surface area contributed by atoms with Gasteiger partial charge in [-0.2, -0.15) is 8.42 Å². The van der Waals surface area contributed by atoms with Crippen molar-refractivity contribution in [3.05, 3.63) is 89.5 Å². The van der Waals surface area contributed by atoms with Crippen LogP contribution in [-0.2, 0) is 27.8 Å². The third kappa shape index (κ3) is 6.03. The zero-order chi connectivity index (χ0) is 26.6. The van der Waals surface area contributed by atoms with Gasteiger partial charge in [0.05, 0.1) is 12.8 Å². The molecule has 3 aromatic rings. The molecule has 0 aliphatic carbocycles. The molecule has 0 saturated heterocycles. The van der Waals surface area contributed by atoms with Crippen LogP contribution in [0.3, 0.4) is 0 Å². The van der Waals surface area contributed by atoms with Crippen LogP contribution >= 0.6 is 0 Å². The summed E-state index contributed by atoms with van der Waals surface area (Å²) in [5.41, 5.74) is 3.90. The highest BCUT2D eigenvalue weighted by Crippen LogP contribution is 2.30. The summed E-state index contributed by atoms with van der Waals surface area (Å²) in [6, 6.07) is 19.6. The number of carbonyl (C=O) groups is 2. The highest BCUT2D eigenvalue weighted by atomic mass is 32.2. The zero-order valence-electron chi connectivity index (χ0n) is 21.0. The van der Waals surface area contributed by atoms with E-state index in [0.29, 0.717) is 23.5 Å². The maximum atomic E-state index is 13.4. The van der Waals surface area contributed by atoms with E-state index >= 15 is 0 Å². The first-order valence-corrected chi connectivity index (χ1v) is 13.3. The maximum Gasteiger partial charge on any atom is 0.330 e. The summed E-state index contributed by atoms with van der Waals surface area (Å²) in [7, 11) is -1.02. The lowest BCUT2D eigenvalue weighted by molar-refractivity contribution is -0.120. The third-order valence-electron chi connectivity index (χ3n) is 6.28. The first-order chi connectivity index (χ1) is 17.7. The number of methoxy groups -OCH3 is 1. The van der Waals surface area contributed by atoms with Gasteiger partial charge in [-0.25, -0.2) is 9.52 Å². The van der Waals surface area contributed by atoms with E-state index in [1.54, 1.807) is 44.5 Å². The molecule has 1 aliphatic rings. The Bertz CT molecular complexity index is 1380. The maximum absolute atomic E-state index is 13.4. The summed E-state index contributed by atoms with van der Waals surface area (Å²) in [5.74, 6) is 0.246. The summed E-state index contributed by atoms with van der Waals surface area (Å²) in [4.78, 5) is 27.8. The molecule has 0 saturated carbocycles. The van der Waals surface area contributed by atoms with Crippen LogP contribution < -0.4 is 24.0 Å². The number of fused-ring (bicyclic) bond motifs is 1. The van der Waals surface area contributed by atoms with Crippen molar-refractivity contribution in [1.29, 1.82) is 0 Å². The van der Waals surface area contributed by atoms with E-state index in [9.17, 15) is 18.0 Å². The second kappa shape index (κ2) is 10.9. The molecule has 0 aromatic heterocycles. The normalized spacial score (nSPS) is 13.4. The lowest BCUT2D eigenvalue weighted by Gasteiger charge is -2.26. The van der Waals surface area contributed by atoms with E-state index < -0.39 is 28.2 Å². The number of hydrogen-bond acceptors (Lipinski definition) is 5. The number of nitrogens with zero attached hydrogens (tertiary/aromatic N) is 2. The van der Waals surface area contributed by atoms with Crippen LogP contribution in [0, 0.1) is 6.92 Å².